The van der Waals surface area contributed by atoms with Gasteiger partial charge in [0.05, 0.1) is 6.10 Å². The Bertz CT molecular complexity index is 238. The van der Waals surface area contributed by atoms with Gasteiger partial charge in [-0.3, -0.25) is 0 Å². The van der Waals surface area contributed by atoms with Crippen molar-refractivity contribution in [3.8, 4) is 5.75 Å². The van der Waals surface area contributed by atoms with Gasteiger partial charge in [-0.2, -0.15) is 0 Å². The predicted molar refractivity (Wildman–Crippen MR) is 56.2 cm³/mol. The number of rotatable bonds is 6. The maximum Gasteiger partial charge on any atom is 0.119 e. The van der Waals surface area contributed by atoms with Crippen LogP contribution < -0.4 is 10.5 Å². The highest BCUT2D eigenvalue weighted by Gasteiger charge is 2.03. The number of benzene rings is 1. The van der Waals surface area contributed by atoms with E-state index in [0.29, 0.717) is 19.6 Å². The van der Waals surface area contributed by atoms with Crippen LogP contribution in [0.4, 0.5) is 0 Å². The Kier molecular flexibility index (Phi) is 5.04. The Labute approximate surface area is 84.5 Å². The zero-order chi connectivity index (χ0) is 10.2. The maximum absolute atomic E-state index is 9.46. The van der Waals surface area contributed by atoms with E-state index in [1.54, 1.807) is 0 Å². The third-order valence-corrected chi connectivity index (χ3v) is 1.93. The molecule has 0 bridgehead atoms. The first-order chi connectivity index (χ1) is 6.83. The Hall–Kier alpha value is -1.06. The minimum absolute atomic E-state index is 0.337. The average Bonchev–Trinajstić information content (AvgIpc) is 2.25. The fraction of sp³-hybridized carbons (Fsp3) is 0.455. The number of aliphatic hydroxyl groups excluding tert-OH is 1. The van der Waals surface area contributed by atoms with E-state index in [0.717, 1.165) is 12.2 Å². The smallest absolute Gasteiger partial charge is 0.119 e. The van der Waals surface area contributed by atoms with Crippen LogP contribution in [-0.4, -0.2) is 24.4 Å². The molecule has 1 aromatic rings. The van der Waals surface area contributed by atoms with Crippen LogP contribution in [0.15, 0.2) is 30.3 Å². The molecular formula is C11H17NO2. The van der Waals surface area contributed by atoms with Gasteiger partial charge in [-0.05, 0) is 31.5 Å². The zero-order valence-electron chi connectivity index (χ0n) is 8.23. The Balaban J connectivity index is 2.20. The number of nitrogens with two attached hydrogens (primary N) is 1. The molecule has 1 aromatic carbocycles. The third kappa shape index (κ3) is 4.25. The highest BCUT2D eigenvalue weighted by atomic mass is 16.5. The van der Waals surface area contributed by atoms with Crippen LogP contribution in [0.3, 0.4) is 0 Å². The largest absolute Gasteiger partial charge is 0.491 e. The predicted octanol–water partition coefficient (Wildman–Crippen LogP) is 1.17. The van der Waals surface area contributed by atoms with Crippen LogP contribution in [0.1, 0.15) is 12.8 Å². The van der Waals surface area contributed by atoms with E-state index < -0.39 is 6.10 Å². The van der Waals surface area contributed by atoms with Crippen LogP contribution in [0.25, 0.3) is 0 Å². The summed E-state index contributed by atoms with van der Waals surface area (Å²) in [6.45, 7) is 0.951. The molecule has 78 valence electrons. The van der Waals surface area contributed by atoms with E-state index >= 15 is 0 Å². The van der Waals surface area contributed by atoms with Crippen LogP contribution in [0.2, 0.25) is 0 Å². The van der Waals surface area contributed by atoms with Crippen LogP contribution in [-0.2, 0) is 0 Å². The van der Waals surface area contributed by atoms with E-state index in [4.69, 9.17) is 10.5 Å². The molecule has 0 aliphatic rings. The molecule has 1 atom stereocenters. The Morgan fingerprint density at radius 1 is 1.29 bits per heavy atom. The molecule has 0 saturated heterocycles. The molecule has 3 N–H and O–H groups in total. The highest BCUT2D eigenvalue weighted by Crippen LogP contribution is 2.09. The average molecular weight is 195 g/mol. The van der Waals surface area contributed by atoms with Crippen molar-refractivity contribution in [1.82, 2.24) is 0 Å². The van der Waals surface area contributed by atoms with Crippen molar-refractivity contribution in [2.75, 3.05) is 13.2 Å². The quantitative estimate of drug-likeness (QED) is 0.716. The second-order valence-corrected chi connectivity index (χ2v) is 3.21. The summed E-state index contributed by atoms with van der Waals surface area (Å²) < 4.78 is 5.37. The monoisotopic (exact) mass is 195 g/mol. The maximum atomic E-state index is 9.46. The summed E-state index contributed by atoms with van der Waals surface area (Å²) in [5, 5.41) is 9.46. The number of aliphatic hydroxyl groups is 1. The van der Waals surface area contributed by atoms with E-state index in [-0.39, 0.29) is 0 Å². The number of hydrogen-bond donors (Lipinski definition) is 2. The molecule has 0 aliphatic carbocycles. The summed E-state index contributed by atoms with van der Waals surface area (Å²) in [5.74, 6) is 0.791. The Morgan fingerprint density at radius 3 is 2.64 bits per heavy atom. The van der Waals surface area contributed by atoms with Crippen molar-refractivity contribution in [2.45, 2.75) is 18.9 Å². The zero-order valence-corrected chi connectivity index (χ0v) is 8.23. The van der Waals surface area contributed by atoms with E-state index in [1.165, 1.54) is 0 Å². The highest BCUT2D eigenvalue weighted by molar-refractivity contribution is 5.20. The van der Waals surface area contributed by atoms with Gasteiger partial charge < -0.3 is 15.6 Å². The summed E-state index contributed by atoms with van der Waals surface area (Å²) in [6.07, 6.45) is 1.11. The number of para-hydroxylation sites is 1. The minimum Gasteiger partial charge on any atom is -0.491 e. The van der Waals surface area contributed by atoms with Crippen molar-refractivity contribution in [3.05, 3.63) is 30.3 Å². The lowest BCUT2D eigenvalue weighted by molar-refractivity contribution is 0.0987. The summed E-state index contributed by atoms with van der Waals surface area (Å²) >= 11 is 0. The Morgan fingerprint density at radius 2 is 2.00 bits per heavy atom. The lowest BCUT2D eigenvalue weighted by Gasteiger charge is -2.11. The molecule has 0 radical (unpaired) electrons. The first-order valence-corrected chi connectivity index (χ1v) is 4.89. The molecule has 0 aromatic heterocycles. The van der Waals surface area contributed by atoms with Crippen molar-refractivity contribution >= 4 is 0 Å². The van der Waals surface area contributed by atoms with Gasteiger partial charge in [0.1, 0.15) is 12.4 Å². The van der Waals surface area contributed by atoms with Crippen molar-refractivity contribution in [2.24, 2.45) is 5.73 Å². The molecule has 1 rings (SSSR count). The van der Waals surface area contributed by atoms with Gasteiger partial charge in [0, 0.05) is 0 Å². The van der Waals surface area contributed by atoms with Gasteiger partial charge in [0.15, 0.2) is 0 Å². The second kappa shape index (κ2) is 6.40. The van der Waals surface area contributed by atoms with Gasteiger partial charge in [0.25, 0.3) is 0 Å². The summed E-state index contributed by atoms with van der Waals surface area (Å²) in [5.41, 5.74) is 5.33. The van der Waals surface area contributed by atoms with Gasteiger partial charge in [-0.25, -0.2) is 0 Å². The van der Waals surface area contributed by atoms with Crippen molar-refractivity contribution in [1.29, 1.82) is 0 Å². The van der Waals surface area contributed by atoms with Gasteiger partial charge >= 0.3 is 0 Å². The lowest BCUT2D eigenvalue weighted by atomic mass is 10.2. The van der Waals surface area contributed by atoms with Gasteiger partial charge in [-0.1, -0.05) is 18.2 Å². The molecule has 0 saturated carbocycles. The summed E-state index contributed by atoms with van der Waals surface area (Å²) in [4.78, 5) is 0. The molecule has 14 heavy (non-hydrogen) atoms. The molecule has 1 unspecified atom stereocenters. The second-order valence-electron chi connectivity index (χ2n) is 3.21. The fourth-order valence-electron chi connectivity index (χ4n) is 1.15. The lowest BCUT2D eigenvalue weighted by Crippen LogP contribution is -2.18. The van der Waals surface area contributed by atoms with E-state index in [2.05, 4.69) is 0 Å². The molecule has 3 nitrogen and oxygen atoms in total. The third-order valence-electron chi connectivity index (χ3n) is 1.93. The van der Waals surface area contributed by atoms with E-state index in [9.17, 15) is 5.11 Å². The minimum atomic E-state index is -0.418. The topological polar surface area (TPSA) is 55.5 Å². The van der Waals surface area contributed by atoms with Gasteiger partial charge in [0.2, 0.25) is 0 Å². The molecule has 0 aliphatic heterocycles. The molecular weight excluding hydrogens is 178 g/mol. The van der Waals surface area contributed by atoms with Crippen molar-refractivity contribution in [3.63, 3.8) is 0 Å². The van der Waals surface area contributed by atoms with E-state index in [1.807, 2.05) is 30.3 Å². The fourth-order valence-corrected chi connectivity index (χ4v) is 1.15. The number of ether oxygens (including phenoxy) is 1. The molecule has 0 fully saturated rings. The number of hydrogen-bond acceptors (Lipinski definition) is 3. The molecule has 0 amide bonds. The standard InChI is InChI=1S/C11H17NO2/c12-8-4-5-10(13)9-14-11-6-2-1-3-7-11/h1-3,6-7,10,13H,4-5,8-9,12H2. The molecule has 0 spiro atoms. The SMILES string of the molecule is NCCCC(O)COc1ccccc1. The molecule has 3 heteroatoms. The van der Waals surface area contributed by atoms with Crippen LogP contribution >= 0.6 is 0 Å². The van der Waals surface area contributed by atoms with Crippen LogP contribution in [0, 0.1) is 0 Å². The normalized spacial score (nSPS) is 12.4. The van der Waals surface area contributed by atoms with Crippen molar-refractivity contribution < 1.29 is 9.84 Å². The van der Waals surface area contributed by atoms with Gasteiger partial charge in [-0.15, -0.1) is 0 Å². The summed E-state index contributed by atoms with van der Waals surface area (Å²) in [7, 11) is 0. The first kappa shape index (κ1) is 11.0. The summed E-state index contributed by atoms with van der Waals surface area (Å²) in [6, 6.07) is 9.48. The molecule has 0 heterocycles. The van der Waals surface area contributed by atoms with Crippen LogP contribution in [0.5, 0.6) is 5.75 Å². The first-order valence-electron chi connectivity index (χ1n) is 4.89.